The molecule has 19 heavy (non-hydrogen) atoms. The summed E-state index contributed by atoms with van der Waals surface area (Å²) in [6.07, 6.45) is 0.323. The lowest BCUT2D eigenvalue weighted by Crippen LogP contribution is -2.25. The summed E-state index contributed by atoms with van der Waals surface area (Å²) in [5.74, 6) is 0.188. The Morgan fingerprint density at radius 2 is 2.00 bits per heavy atom. The number of rotatable bonds is 7. The molecule has 1 aromatic rings. The molecule has 0 atom stereocenters. The molecule has 0 bridgehead atoms. The summed E-state index contributed by atoms with van der Waals surface area (Å²) in [6.45, 7) is 0.264. The van der Waals surface area contributed by atoms with E-state index in [2.05, 4.69) is 10.6 Å². The fourth-order valence-corrected chi connectivity index (χ4v) is 2.28. The third kappa shape index (κ3) is 7.05. The van der Waals surface area contributed by atoms with Crippen molar-refractivity contribution in [1.82, 2.24) is 5.32 Å². The molecule has 2 amide bonds. The van der Waals surface area contributed by atoms with E-state index in [1.165, 1.54) is 11.8 Å². The zero-order chi connectivity index (χ0) is 13.4. The number of likely N-dealkylation sites (N-methyl/N-ethyl adjacent to an activating group) is 1. The number of primary amides is 1. The van der Waals surface area contributed by atoms with Gasteiger partial charge in [-0.1, -0.05) is 12.1 Å². The number of para-hydroxylation sites is 1. The van der Waals surface area contributed by atoms with Crippen LogP contribution < -0.4 is 16.4 Å². The Bertz CT molecular complexity index is 429. The molecule has 0 aliphatic carbocycles. The second-order valence-corrected chi connectivity index (χ2v) is 4.78. The predicted octanol–water partition coefficient (Wildman–Crippen LogP) is 1.23. The number of hydrogen-bond acceptors (Lipinski definition) is 4. The van der Waals surface area contributed by atoms with Gasteiger partial charge in [-0.2, -0.15) is 0 Å². The third-order valence-electron chi connectivity index (χ3n) is 2.10. The van der Waals surface area contributed by atoms with Crippen LogP contribution in [0.5, 0.6) is 0 Å². The van der Waals surface area contributed by atoms with E-state index in [1.54, 1.807) is 7.05 Å². The van der Waals surface area contributed by atoms with Crippen LogP contribution in [-0.4, -0.2) is 31.2 Å². The van der Waals surface area contributed by atoms with Gasteiger partial charge in [-0.3, -0.25) is 9.59 Å². The van der Waals surface area contributed by atoms with Crippen LogP contribution in [0.15, 0.2) is 29.2 Å². The number of hydrogen-bond donors (Lipinski definition) is 3. The van der Waals surface area contributed by atoms with Crippen molar-refractivity contribution in [3.05, 3.63) is 24.3 Å². The highest BCUT2D eigenvalue weighted by atomic mass is 35.5. The minimum atomic E-state index is -0.320. The Morgan fingerprint density at radius 1 is 1.32 bits per heavy atom. The molecule has 0 saturated carbocycles. The summed E-state index contributed by atoms with van der Waals surface area (Å²) in [5, 5.41) is 5.60. The first kappa shape index (κ1) is 17.8. The standard InChI is InChI=1S/C12H17N3O2S.ClH/c1-14-8-12(17)15-9-4-2-3-5-10(9)18-7-6-11(13)16;/h2-5,14H,6-8H2,1H3,(H2,13,16)(H,15,17);1H. The summed E-state index contributed by atoms with van der Waals surface area (Å²) in [4.78, 5) is 23.1. The first-order valence-corrected chi connectivity index (χ1v) is 6.56. The number of halogens is 1. The van der Waals surface area contributed by atoms with E-state index in [1.807, 2.05) is 24.3 Å². The average molecular weight is 304 g/mol. The average Bonchev–Trinajstić information content (AvgIpc) is 2.31. The Hall–Kier alpha value is -1.24. The zero-order valence-corrected chi connectivity index (χ0v) is 12.3. The molecule has 0 saturated heterocycles. The maximum Gasteiger partial charge on any atom is 0.238 e. The number of benzene rings is 1. The normalized spacial score (nSPS) is 9.53. The molecule has 7 heteroatoms. The summed E-state index contributed by atoms with van der Waals surface area (Å²) < 4.78 is 0. The van der Waals surface area contributed by atoms with E-state index in [0.717, 1.165) is 10.6 Å². The molecule has 0 spiro atoms. The third-order valence-corrected chi connectivity index (χ3v) is 3.18. The molecule has 1 aromatic carbocycles. The number of carbonyl (C=O) groups excluding carboxylic acids is 2. The fraction of sp³-hybridized carbons (Fsp3) is 0.333. The highest BCUT2D eigenvalue weighted by Gasteiger charge is 2.06. The van der Waals surface area contributed by atoms with Gasteiger partial charge in [0, 0.05) is 17.1 Å². The minimum absolute atomic E-state index is 0. The molecule has 0 radical (unpaired) electrons. The number of amides is 2. The molecule has 0 aliphatic heterocycles. The van der Waals surface area contributed by atoms with Crippen LogP contribution in [0.3, 0.4) is 0 Å². The van der Waals surface area contributed by atoms with E-state index in [0.29, 0.717) is 12.2 Å². The molecule has 5 nitrogen and oxygen atoms in total. The molecular formula is C12H18ClN3O2S. The smallest absolute Gasteiger partial charge is 0.238 e. The fourth-order valence-electron chi connectivity index (χ4n) is 1.31. The van der Waals surface area contributed by atoms with Gasteiger partial charge in [0.1, 0.15) is 0 Å². The topological polar surface area (TPSA) is 84.2 Å². The van der Waals surface area contributed by atoms with Crippen LogP contribution in [0.1, 0.15) is 6.42 Å². The maximum absolute atomic E-state index is 11.5. The largest absolute Gasteiger partial charge is 0.370 e. The van der Waals surface area contributed by atoms with Gasteiger partial charge in [0.15, 0.2) is 0 Å². The zero-order valence-electron chi connectivity index (χ0n) is 10.6. The van der Waals surface area contributed by atoms with Crippen molar-refractivity contribution in [3.8, 4) is 0 Å². The van der Waals surface area contributed by atoms with Crippen molar-refractivity contribution in [2.45, 2.75) is 11.3 Å². The molecule has 106 valence electrons. The van der Waals surface area contributed by atoms with E-state index in [-0.39, 0.29) is 30.8 Å². The van der Waals surface area contributed by atoms with Crippen molar-refractivity contribution in [2.24, 2.45) is 5.73 Å². The first-order valence-electron chi connectivity index (χ1n) is 5.58. The molecule has 0 heterocycles. The molecule has 0 aromatic heterocycles. The van der Waals surface area contributed by atoms with E-state index in [4.69, 9.17) is 5.73 Å². The molecule has 0 fully saturated rings. The van der Waals surface area contributed by atoms with E-state index in [9.17, 15) is 9.59 Å². The van der Waals surface area contributed by atoms with Gasteiger partial charge < -0.3 is 16.4 Å². The van der Waals surface area contributed by atoms with Crippen LogP contribution in [0.2, 0.25) is 0 Å². The molecule has 0 unspecified atom stereocenters. The van der Waals surface area contributed by atoms with Crippen molar-refractivity contribution in [1.29, 1.82) is 0 Å². The van der Waals surface area contributed by atoms with Crippen LogP contribution in [0.25, 0.3) is 0 Å². The molecule has 4 N–H and O–H groups in total. The SMILES string of the molecule is CNCC(=O)Nc1ccccc1SCCC(N)=O.Cl. The Morgan fingerprint density at radius 3 is 2.63 bits per heavy atom. The number of nitrogens with one attached hydrogen (secondary N) is 2. The van der Waals surface area contributed by atoms with Crippen LogP contribution in [0, 0.1) is 0 Å². The summed E-state index contributed by atoms with van der Waals surface area (Å²) in [7, 11) is 1.72. The second-order valence-electron chi connectivity index (χ2n) is 3.64. The molecular weight excluding hydrogens is 286 g/mol. The number of thioether (sulfide) groups is 1. The number of nitrogens with two attached hydrogens (primary N) is 1. The Kier molecular flexibility index (Phi) is 9.03. The highest BCUT2D eigenvalue weighted by Crippen LogP contribution is 2.27. The van der Waals surface area contributed by atoms with Gasteiger partial charge in [0.05, 0.1) is 12.2 Å². The van der Waals surface area contributed by atoms with Crippen LogP contribution >= 0.6 is 24.2 Å². The van der Waals surface area contributed by atoms with Crippen molar-refractivity contribution in [3.63, 3.8) is 0 Å². The van der Waals surface area contributed by atoms with Crippen LogP contribution in [0.4, 0.5) is 5.69 Å². The van der Waals surface area contributed by atoms with Gasteiger partial charge in [0.2, 0.25) is 11.8 Å². The Balaban J connectivity index is 0.00000324. The second kappa shape index (κ2) is 9.66. The lowest BCUT2D eigenvalue weighted by atomic mass is 10.3. The first-order chi connectivity index (χ1) is 8.63. The maximum atomic E-state index is 11.5. The number of carbonyl (C=O) groups is 2. The van der Waals surface area contributed by atoms with Crippen molar-refractivity contribution < 1.29 is 9.59 Å². The summed E-state index contributed by atoms with van der Waals surface area (Å²) in [5.41, 5.74) is 5.84. The van der Waals surface area contributed by atoms with E-state index >= 15 is 0 Å². The van der Waals surface area contributed by atoms with Crippen molar-refractivity contribution >= 4 is 41.7 Å². The highest BCUT2D eigenvalue weighted by molar-refractivity contribution is 7.99. The lowest BCUT2D eigenvalue weighted by Gasteiger charge is -2.10. The summed E-state index contributed by atoms with van der Waals surface area (Å²) >= 11 is 1.50. The number of anilines is 1. The predicted molar refractivity (Wildman–Crippen MR) is 80.8 cm³/mol. The van der Waals surface area contributed by atoms with Gasteiger partial charge in [0.25, 0.3) is 0 Å². The van der Waals surface area contributed by atoms with Gasteiger partial charge >= 0.3 is 0 Å². The van der Waals surface area contributed by atoms with E-state index < -0.39 is 0 Å². The monoisotopic (exact) mass is 303 g/mol. The van der Waals surface area contributed by atoms with Gasteiger partial charge in [-0.25, -0.2) is 0 Å². The minimum Gasteiger partial charge on any atom is -0.370 e. The van der Waals surface area contributed by atoms with Gasteiger partial charge in [-0.05, 0) is 19.2 Å². The summed E-state index contributed by atoms with van der Waals surface area (Å²) in [6, 6.07) is 7.48. The Labute approximate surface area is 123 Å². The quantitative estimate of drug-likeness (QED) is 0.662. The molecule has 0 aliphatic rings. The van der Waals surface area contributed by atoms with Crippen molar-refractivity contribution in [2.75, 3.05) is 24.7 Å². The lowest BCUT2D eigenvalue weighted by molar-refractivity contribution is -0.117. The van der Waals surface area contributed by atoms with Crippen LogP contribution in [-0.2, 0) is 9.59 Å². The molecule has 1 rings (SSSR count). The van der Waals surface area contributed by atoms with Gasteiger partial charge in [-0.15, -0.1) is 24.2 Å².